The number of rotatable bonds is 6. The van der Waals surface area contributed by atoms with Gasteiger partial charge in [-0.3, -0.25) is 9.97 Å². The largest absolute Gasteiger partial charge is 0.457 e. The Labute approximate surface area is 144 Å². The van der Waals surface area contributed by atoms with Gasteiger partial charge in [0, 0.05) is 14.2 Å². The third-order valence-electron chi connectivity index (χ3n) is 2.57. The molecule has 0 saturated heterocycles. The molecule has 0 bridgehead atoms. The van der Waals surface area contributed by atoms with Crippen molar-refractivity contribution in [1.82, 2.24) is 0 Å². The molecular formula is C13H15Cl3NO4P. The van der Waals surface area contributed by atoms with Gasteiger partial charge in [-0.1, -0.05) is 71.2 Å². The molecule has 1 aromatic rings. The Morgan fingerprint density at radius 2 is 1.77 bits per heavy atom. The van der Waals surface area contributed by atoms with Crippen LogP contribution in [0, 0.1) is 5.41 Å². The van der Waals surface area contributed by atoms with Crippen molar-refractivity contribution < 1.29 is 18.3 Å². The maximum atomic E-state index is 12.5. The van der Waals surface area contributed by atoms with Crippen LogP contribution in [0.4, 0.5) is 0 Å². The number of halogens is 3. The minimum absolute atomic E-state index is 0.686. The van der Waals surface area contributed by atoms with Crippen molar-refractivity contribution in [2.75, 3.05) is 14.2 Å². The van der Waals surface area contributed by atoms with Gasteiger partial charge < -0.3 is 13.8 Å². The lowest BCUT2D eigenvalue weighted by molar-refractivity contribution is 0.204. The summed E-state index contributed by atoms with van der Waals surface area (Å²) >= 11 is 16.7. The predicted molar refractivity (Wildman–Crippen MR) is 90.0 cm³/mol. The standard InChI is InChI=1S/C13H15Cl3NO4P/c1-19-22(18,20-2)11(21-12(17)13(14,15)16)9-8-10-6-4-3-5-7-10/h3-9,11,17H,1-2H3/b9-8+,17-12?. The summed E-state index contributed by atoms with van der Waals surface area (Å²) in [7, 11) is -1.27. The molecule has 1 rings (SSSR count). The lowest BCUT2D eigenvalue weighted by Crippen LogP contribution is -2.27. The van der Waals surface area contributed by atoms with Gasteiger partial charge in [0.2, 0.25) is 11.7 Å². The van der Waals surface area contributed by atoms with Crippen molar-refractivity contribution in [3.05, 3.63) is 42.0 Å². The molecule has 0 aromatic heterocycles. The second-order valence-electron chi connectivity index (χ2n) is 4.01. The van der Waals surface area contributed by atoms with Crippen LogP contribution in [0.15, 0.2) is 36.4 Å². The van der Waals surface area contributed by atoms with Gasteiger partial charge in [0.15, 0.2) is 0 Å². The van der Waals surface area contributed by atoms with Gasteiger partial charge in [-0.2, -0.15) is 0 Å². The Bertz CT molecular complexity index is 566. The van der Waals surface area contributed by atoms with E-state index in [9.17, 15) is 4.57 Å². The molecule has 1 unspecified atom stereocenters. The zero-order valence-electron chi connectivity index (χ0n) is 11.8. The summed E-state index contributed by atoms with van der Waals surface area (Å²) in [6.45, 7) is 0. The first kappa shape index (κ1) is 19.5. The van der Waals surface area contributed by atoms with Gasteiger partial charge in [0.1, 0.15) is 0 Å². The van der Waals surface area contributed by atoms with Crippen molar-refractivity contribution >= 4 is 54.4 Å². The molecule has 0 spiro atoms. The van der Waals surface area contributed by atoms with E-state index >= 15 is 0 Å². The van der Waals surface area contributed by atoms with Gasteiger partial charge in [0.25, 0.3) is 3.79 Å². The van der Waals surface area contributed by atoms with Gasteiger partial charge in [-0.05, 0) is 11.6 Å². The third kappa shape index (κ3) is 5.58. The molecule has 5 nitrogen and oxygen atoms in total. The third-order valence-corrected chi connectivity index (χ3v) is 5.00. The molecular weight excluding hydrogens is 371 g/mol. The van der Waals surface area contributed by atoms with Crippen LogP contribution >= 0.6 is 42.4 Å². The molecule has 122 valence electrons. The van der Waals surface area contributed by atoms with Crippen LogP contribution in [0.3, 0.4) is 0 Å². The van der Waals surface area contributed by atoms with Crippen LogP contribution in [0.1, 0.15) is 5.56 Å². The van der Waals surface area contributed by atoms with E-state index in [4.69, 9.17) is 54.0 Å². The molecule has 1 aromatic carbocycles. The SMILES string of the molecule is COP(=O)(OC)C(/C=C/c1ccccc1)OC(=N)C(Cl)(Cl)Cl. The molecule has 0 aliphatic heterocycles. The Hall–Kier alpha value is -0.550. The summed E-state index contributed by atoms with van der Waals surface area (Å²) in [5.41, 5.74) is 0.829. The van der Waals surface area contributed by atoms with Crippen LogP contribution in [-0.2, 0) is 18.3 Å². The van der Waals surface area contributed by atoms with Crippen LogP contribution in [0.25, 0.3) is 6.08 Å². The van der Waals surface area contributed by atoms with Gasteiger partial charge in [-0.15, -0.1) is 0 Å². The summed E-state index contributed by atoms with van der Waals surface area (Å²) in [4.78, 5) is 0. The molecule has 9 heteroatoms. The second kappa shape index (κ2) is 8.34. The highest BCUT2D eigenvalue weighted by Gasteiger charge is 2.39. The van der Waals surface area contributed by atoms with E-state index in [2.05, 4.69) is 0 Å². The van der Waals surface area contributed by atoms with Crippen molar-refractivity contribution in [3.8, 4) is 0 Å². The number of nitrogens with one attached hydrogen (secondary N) is 1. The molecule has 0 heterocycles. The lowest BCUT2D eigenvalue weighted by atomic mass is 10.2. The van der Waals surface area contributed by atoms with E-state index in [1.165, 1.54) is 20.3 Å². The maximum Gasteiger partial charge on any atom is 0.374 e. The smallest absolute Gasteiger partial charge is 0.374 e. The molecule has 0 saturated carbocycles. The quantitative estimate of drug-likeness (QED) is 0.327. The first-order chi connectivity index (χ1) is 10.2. The van der Waals surface area contributed by atoms with E-state index in [-0.39, 0.29) is 0 Å². The minimum Gasteiger partial charge on any atom is -0.457 e. The molecule has 0 aliphatic rings. The Morgan fingerprint density at radius 1 is 1.23 bits per heavy atom. The van der Waals surface area contributed by atoms with Crippen LogP contribution in [0.2, 0.25) is 0 Å². The number of hydrogen-bond donors (Lipinski definition) is 1. The molecule has 0 amide bonds. The Balaban J connectivity index is 3.04. The minimum atomic E-state index is -3.68. The average molecular weight is 387 g/mol. The van der Waals surface area contributed by atoms with E-state index < -0.39 is 23.1 Å². The summed E-state index contributed by atoms with van der Waals surface area (Å²) in [5, 5.41) is 7.60. The fourth-order valence-electron chi connectivity index (χ4n) is 1.44. The number of benzene rings is 1. The zero-order chi connectivity index (χ0) is 16.8. The fraction of sp³-hybridized carbons (Fsp3) is 0.308. The summed E-state index contributed by atoms with van der Waals surface area (Å²) in [6.07, 6.45) is 3.06. The van der Waals surface area contributed by atoms with Gasteiger partial charge in [-0.25, -0.2) is 0 Å². The summed E-state index contributed by atoms with van der Waals surface area (Å²) in [6, 6.07) is 9.20. The average Bonchev–Trinajstić information content (AvgIpc) is 2.50. The van der Waals surface area contributed by atoms with Crippen LogP contribution in [0.5, 0.6) is 0 Å². The Morgan fingerprint density at radius 3 is 2.23 bits per heavy atom. The van der Waals surface area contributed by atoms with Crippen LogP contribution < -0.4 is 0 Å². The molecule has 22 heavy (non-hydrogen) atoms. The van der Waals surface area contributed by atoms with Gasteiger partial charge in [0.05, 0.1) is 0 Å². The van der Waals surface area contributed by atoms with Crippen molar-refractivity contribution in [1.29, 1.82) is 5.41 Å². The molecule has 0 aliphatic carbocycles. The van der Waals surface area contributed by atoms with Crippen LogP contribution in [-0.4, -0.2) is 29.8 Å². The second-order valence-corrected chi connectivity index (χ2v) is 8.61. The molecule has 1 atom stereocenters. The zero-order valence-corrected chi connectivity index (χ0v) is 15.0. The fourth-order valence-corrected chi connectivity index (χ4v) is 2.67. The highest BCUT2D eigenvalue weighted by Crippen LogP contribution is 2.53. The topological polar surface area (TPSA) is 68.6 Å². The van der Waals surface area contributed by atoms with E-state index in [0.717, 1.165) is 5.56 Å². The summed E-state index contributed by atoms with van der Waals surface area (Å²) in [5.74, 6) is -1.92. The highest BCUT2D eigenvalue weighted by atomic mass is 35.6. The maximum absolute atomic E-state index is 12.5. The highest BCUT2D eigenvalue weighted by molar-refractivity contribution is 7.54. The van der Waals surface area contributed by atoms with Crippen molar-refractivity contribution in [2.24, 2.45) is 0 Å². The van der Waals surface area contributed by atoms with Crippen molar-refractivity contribution in [2.45, 2.75) is 9.64 Å². The van der Waals surface area contributed by atoms with E-state index in [1.807, 2.05) is 30.3 Å². The number of hydrogen-bond acceptors (Lipinski definition) is 5. The first-order valence-electron chi connectivity index (χ1n) is 6.00. The van der Waals surface area contributed by atoms with E-state index in [0.29, 0.717) is 0 Å². The number of ether oxygens (including phenoxy) is 1. The van der Waals surface area contributed by atoms with Crippen molar-refractivity contribution in [3.63, 3.8) is 0 Å². The molecule has 0 radical (unpaired) electrons. The molecule has 1 N–H and O–H groups in total. The first-order valence-corrected chi connectivity index (χ1v) is 8.74. The van der Waals surface area contributed by atoms with E-state index in [1.54, 1.807) is 6.08 Å². The lowest BCUT2D eigenvalue weighted by Gasteiger charge is -2.24. The predicted octanol–water partition coefficient (Wildman–Crippen LogP) is 4.88. The Kier molecular flexibility index (Phi) is 7.39. The van der Waals surface area contributed by atoms with Gasteiger partial charge >= 0.3 is 7.60 Å². The number of alkyl halides is 3. The monoisotopic (exact) mass is 385 g/mol. The molecule has 0 fully saturated rings. The normalized spacial score (nSPS) is 14.0. The summed E-state index contributed by atoms with van der Waals surface area (Å²) < 4.78 is 25.3.